The highest BCUT2D eigenvalue weighted by molar-refractivity contribution is 7.98. The zero-order valence-corrected chi connectivity index (χ0v) is 17.2. The first kappa shape index (κ1) is 18.6. The Labute approximate surface area is 172 Å². The van der Waals surface area contributed by atoms with Gasteiger partial charge in [-0.2, -0.15) is 0 Å². The highest BCUT2D eigenvalue weighted by Gasteiger charge is 2.12. The van der Waals surface area contributed by atoms with Gasteiger partial charge in [-0.25, -0.2) is 9.97 Å². The van der Waals surface area contributed by atoms with Crippen molar-refractivity contribution >= 4 is 23.1 Å². The van der Waals surface area contributed by atoms with Crippen LogP contribution in [0.1, 0.15) is 5.69 Å². The highest BCUT2D eigenvalue weighted by atomic mass is 32.2. The zero-order chi connectivity index (χ0) is 19.3. The molecule has 2 aromatic heterocycles. The molecule has 0 fully saturated rings. The van der Waals surface area contributed by atoms with Crippen LogP contribution in [0.25, 0.3) is 16.3 Å². The minimum absolute atomic E-state index is 0.749. The van der Waals surface area contributed by atoms with Gasteiger partial charge < -0.3 is 9.47 Å². The summed E-state index contributed by atoms with van der Waals surface area (Å²) in [6.07, 6.45) is 3.78. The van der Waals surface area contributed by atoms with Gasteiger partial charge in [0.15, 0.2) is 5.16 Å². The fourth-order valence-corrected chi connectivity index (χ4v) is 4.61. The zero-order valence-electron chi connectivity index (χ0n) is 15.5. The van der Waals surface area contributed by atoms with E-state index >= 15 is 0 Å². The number of benzene rings is 2. The third-order valence-corrected chi connectivity index (χ3v) is 6.12. The van der Waals surface area contributed by atoms with E-state index in [2.05, 4.69) is 14.9 Å². The number of methoxy groups -OCH3 is 2. The molecule has 28 heavy (non-hydrogen) atoms. The smallest absolute Gasteiger partial charge is 0.172 e. The van der Waals surface area contributed by atoms with Gasteiger partial charge in [-0.05, 0) is 36.4 Å². The Morgan fingerprint density at radius 2 is 1.86 bits per heavy atom. The van der Waals surface area contributed by atoms with Gasteiger partial charge in [0, 0.05) is 29.2 Å². The lowest BCUT2D eigenvalue weighted by Crippen LogP contribution is -1.95. The molecule has 0 amide bonds. The minimum Gasteiger partial charge on any atom is -0.497 e. The normalized spacial score (nSPS) is 10.8. The van der Waals surface area contributed by atoms with Crippen molar-refractivity contribution < 1.29 is 9.47 Å². The Kier molecular flexibility index (Phi) is 5.64. The number of rotatable bonds is 7. The molecule has 2 heterocycles. The third kappa shape index (κ3) is 3.90. The first-order valence-electron chi connectivity index (χ1n) is 8.67. The molecule has 0 aliphatic heterocycles. The number of ether oxygens (including phenoxy) is 2. The van der Waals surface area contributed by atoms with E-state index in [4.69, 9.17) is 14.5 Å². The molecule has 0 aliphatic carbocycles. The Hall–Kier alpha value is -2.77. The lowest BCUT2D eigenvalue weighted by Gasteiger charge is -2.08. The summed E-state index contributed by atoms with van der Waals surface area (Å²) in [5, 5.41) is 3.98. The van der Waals surface area contributed by atoms with Crippen LogP contribution < -0.4 is 9.47 Å². The summed E-state index contributed by atoms with van der Waals surface area (Å²) < 4.78 is 12.7. The molecule has 0 saturated heterocycles. The first-order chi connectivity index (χ1) is 13.8. The molecule has 0 aliphatic rings. The van der Waals surface area contributed by atoms with Crippen LogP contribution in [0.4, 0.5) is 0 Å². The van der Waals surface area contributed by atoms with Crippen LogP contribution in [0.3, 0.4) is 0 Å². The maximum Gasteiger partial charge on any atom is 0.172 e. The summed E-state index contributed by atoms with van der Waals surface area (Å²) in [5.41, 5.74) is 3.10. The van der Waals surface area contributed by atoms with E-state index in [0.717, 1.165) is 44.4 Å². The van der Waals surface area contributed by atoms with Crippen molar-refractivity contribution in [3.63, 3.8) is 0 Å². The average Bonchev–Trinajstić information content (AvgIpc) is 3.41. The van der Waals surface area contributed by atoms with E-state index in [-0.39, 0.29) is 0 Å². The fourth-order valence-electron chi connectivity index (χ4n) is 2.79. The van der Waals surface area contributed by atoms with Crippen LogP contribution >= 0.6 is 23.1 Å². The van der Waals surface area contributed by atoms with Crippen LogP contribution in [0.5, 0.6) is 11.5 Å². The molecule has 0 N–H and O–H groups in total. The minimum atomic E-state index is 0.749. The van der Waals surface area contributed by atoms with Crippen LogP contribution in [-0.2, 0) is 5.75 Å². The molecule has 0 atom stereocenters. The SMILES string of the molecule is COc1ccc(-n2ccnc2SCc2csc(-c3ccccc3OC)n2)cc1. The Bertz CT molecular complexity index is 1060. The van der Waals surface area contributed by atoms with Crippen LogP contribution in [-0.4, -0.2) is 28.8 Å². The molecule has 4 aromatic rings. The molecular weight excluding hydrogens is 390 g/mol. The molecule has 142 valence electrons. The van der Waals surface area contributed by atoms with E-state index in [9.17, 15) is 0 Å². The number of hydrogen-bond donors (Lipinski definition) is 0. The summed E-state index contributed by atoms with van der Waals surface area (Å²) in [6, 6.07) is 15.9. The Balaban J connectivity index is 1.49. The van der Waals surface area contributed by atoms with Crippen molar-refractivity contribution in [3.05, 3.63) is 72.0 Å². The lowest BCUT2D eigenvalue weighted by molar-refractivity contribution is 0.414. The van der Waals surface area contributed by atoms with Crippen molar-refractivity contribution in [2.75, 3.05) is 14.2 Å². The standard InChI is InChI=1S/C21H19N3O2S2/c1-25-17-9-7-16(8-10-17)24-12-11-22-21(24)28-14-15-13-27-20(23-15)18-5-3-4-6-19(18)26-2/h3-13H,14H2,1-2H3. The Morgan fingerprint density at radius 1 is 1.04 bits per heavy atom. The molecule has 4 rings (SSSR count). The van der Waals surface area contributed by atoms with Crippen molar-refractivity contribution in [2.45, 2.75) is 10.9 Å². The molecule has 0 spiro atoms. The average molecular weight is 410 g/mol. The largest absolute Gasteiger partial charge is 0.497 e. The van der Waals surface area contributed by atoms with Gasteiger partial charge in [-0.3, -0.25) is 4.57 Å². The van der Waals surface area contributed by atoms with Crippen molar-refractivity contribution in [1.29, 1.82) is 0 Å². The predicted octanol–water partition coefficient (Wildman–Crippen LogP) is 5.31. The summed E-state index contributed by atoms with van der Waals surface area (Å²) in [4.78, 5) is 9.27. The second kappa shape index (κ2) is 8.50. The number of imidazole rings is 1. The molecule has 2 aromatic carbocycles. The van der Waals surface area contributed by atoms with Crippen molar-refractivity contribution in [2.24, 2.45) is 0 Å². The molecule has 0 unspecified atom stereocenters. The summed E-state index contributed by atoms with van der Waals surface area (Å²) in [5.74, 6) is 2.43. The quantitative estimate of drug-likeness (QED) is 0.387. The van der Waals surface area contributed by atoms with E-state index in [1.54, 1.807) is 37.3 Å². The third-order valence-electron chi connectivity index (χ3n) is 4.20. The van der Waals surface area contributed by atoms with Crippen molar-refractivity contribution in [3.8, 4) is 27.8 Å². The molecule has 0 saturated carbocycles. The monoisotopic (exact) mass is 409 g/mol. The van der Waals surface area contributed by atoms with Gasteiger partial charge in [-0.1, -0.05) is 23.9 Å². The highest BCUT2D eigenvalue weighted by Crippen LogP contribution is 2.33. The molecule has 0 radical (unpaired) electrons. The van der Waals surface area contributed by atoms with Crippen LogP contribution in [0.15, 0.2) is 71.5 Å². The molecule has 7 heteroatoms. The van der Waals surface area contributed by atoms with Gasteiger partial charge in [0.1, 0.15) is 16.5 Å². The van der Waals surface area contributed by atoms with Crippen molar-refractivity contribution in [1.82, 2.24) is 14.5 Å². The fraction of sp³-hybridized carbons (Fsp3) is 0.143. The Morgan fingerprint density at radius 3 is 2.64 bits per heavy atom. The summed E-state index contributed by atoms with van der Waals surface area (Å²) in [7, 11) is 3.35. The molecular formula is C21H19N3O2S2. The van der Waals surface area contributed by atoms with E-state index in [1.807, 2.05) is 60.9 Å². The lowest BCUT2D eigenvalue weighted by atomic mass is 10.2. The first-order valence-corrected chi connectivity index (χ1v) is 10.5. The van der Waals surface area contributed by atoms with E-state index < -0.39 is 0 Å². The predicted molar refractivity (Wildman–Crippen MR) is 114 cm³/mol. The number of nitrogens with zero attached hydrogens (tertiary/aromatic N) is 3. The topological polar surface area (TPSA) is 49.2 Å². The number of hydrogen-bond acceptors (Lipinski definition) is 6. The second-order valence-electron chi connectivity index (χ2n) is 5.91. The van der Waals surface area contributed by atoms with Crippen LogP contribution in [0.2, 0.25) is 0 Å². The molecule has 0 bridgehead atoms. The van der Waals surface area contributed by atoms with Crippen LogP contribution in [0, 0.1) is 0 Å². The number of aromatic nitrogens is 3. The molecule has 5 nitrogen and oxygen atoms in total. The summed E-state index contributed by atoms with van der Waals surface area (Å²) >= 11 is 3.29. The number of para-hydroxylation sites is 1. The maximum absolute atomic E-state index is 5.45. The number of thiazole rings is 1. The summed E-state index contributed by atoms with van der Waals surface area (Å²) in [6.45, 7) is 0. The van der Waals surface area contributed by atoms with Gasteiger partial charge in [0.25, 0.3) is 0 Å². The van der Waals surface area contributed by atoms with E-state index in [1.165, 1.54) is 0 Å². The number of thioether (sulfide) groups is 1. The van der Waals surface area contributed by atoms with Gasteiger partial charge in [0.2, 0.25) is 0 Å². The maximum atomic E-state index is 5.45. The van der Waals surface area contributed by atoms with E-state index in [0.29, 0.717) is 0 Å². The van der Waals surface area contributed by atoms with Gasteiger partial charge in [-0.15, -0.1) is 11.3 Å². The van der Waals surface area contributed by atoms with Gasteiger partial charge in [0.05, 0.1) is 25.5 Å². The van der Waals surface area contributed by atoms with Gasteiger partial charge >= 0.3 is 0 Å². The second-order valence-corrected chi connectivity index (χ2v) is 7.71.